The molecule has 1 saturated heterocycles. The van der Waals surface area contributed by atoms with E-state index in [1.807, 2.05) is 36.4 Å². The fourth-order valence-corrected chi connectivity index (χ4v) is 3.46. The Labute approximate surface area is 146 Å². The van der Waals surface area contributed by atoms with Crippen molar-refractivity contribution in [3.8, 4) is 0 Å². The molecule has 0 aromatic heterocycles. The van der Waals surface area contributed by atoms with Crippen LogP contribution in [0.25, 0.3) is 0 Å². The average Bonchev–Trinajstić information content (AvgIpc) is 3.03. The molecule has 2 aromatic carbocycles. The number of likely N-dealkylation sites (tertiary alicyclic amines) is 1. The third-order valence-corrected chi connectivity index (χ3v) is 4.62. The lowest BCUT2D eigenvalue weighted by atomic mass is 10.1. The second-order valence-electron chi connectivity index (χ2n) is 6.67. The first-order valence-corrected chi connectivity index (χ1v) is 8.60. The largest absolute Gasteiger partial charge is 0.401 e. The molecule has 134 valence electrons. The minimum atomic E-state index is -4.13. The zero-order chi connectivity index (χ0) is 17.7. The van der Waals surface area contributed by atoms with E-state index in [1.165, 1.54) is 16.0 Å². The summed E-state index contributed by atoms with van der Waals surface area (Å²) in [4.78, 5) is 3.83. The third kappa shape index (κ3) is 5.58. The number of rotatable bonds is 6. The van der Waals surface area contributed by atoms with Gasteiger partial charge in [0.25, 0.3) is 0 Å². The maximum atomic E-state index is 12.7. The van der Waals surface area contributed by atoms with Crippen LogP contribution in [0.5, 0.6) is 0 Å². The van der Waals surface area contributed by atoms with Gasteiger partial charge in [-0.3, -0.25) is 9.80 Å². The van der Waals surface area contributed by atoms with Crippen molar-refractivity contribution in [2.24, 2.45) is 0 Å². The Balaban J connectivity index is 1.70. The molecule has 0 spiro atoms. The highest BCUT2D eigenvalue weighted by atomic mass is 19.4. The minimum Gasteiger partial charge on any atom is -0.293 e. The van der Waals surface area contributed by atoms with E-state index < -0.39 is 12.7 Å². The quantitative estimate of drug-likeness (QED) is 0.767. The van der Waals surface area contributed by atoms with Crippen LogP contribution in [0, 0.1) is 0 Å². The molecule has 3 rings (SSSR count). The topological polar surface area (TPSA) is 6.48 Å². The molecule has 0 amide bonds. The first-order chi connectivity index (χ1) is 12.0. The van der Waals surface area contributed by atoms with Crippen molar-refractivity contribution in [1.82, 2.24) is 9.80 Å². The Morgan fingerprint density at radius 1 is 0.880 bits per heavy atom. The predicted octanol–water partition coefficient (Wildman–Crippen LogP) is 4.33. The molecular weight excluding hydrogens is 325 g/mol. The van der Waals surface area contributed by atoms with E-state index in [1.54, 1.807) is 0 Å². The van der Waals surface area contributed by atoms with Crippen LogP contribution in [0.4, 0.5) is 13.2 Å². The third-order valence-electron chi connectivity index (χ3n) is 4.62. The summed E-state index contributed by atoms with van der Waals surface area (Å²) in [6.45, 7) is 1.66. The van der Waals surface area contributed by atoms with E-state index in [2.05, 4.69) is 29.2 Å². The summed E-state index contributed by atoms with van der Waals surface area (Å²) in [7, 11) is 0. The molecule has 2 nitrogen and oxygen atoms in total. The van der Waals surface area contributed by atoms with E-state index in [0.29, 0.717) is 13.1 Å². The van der Waals surface area contributed by atoms with Gasteiger partial charge in [-0.25, -0.2) is 0 Å². The second-order valence-corrected chi connectivity index (χ2v) is 6.67. The molecule has 1 aliphatic heterocycles. The fraction of sp³-hybridized carbons (Fsp3) is 0.400. The molecule has 1 aliphatic rings. The summed E-state index contributed by atoms with van der Waals surface area (Å²) < 4.78 is 38.0. The molecule has 1 heterocycles. The zero-order valence-corrected chi connectivity index (χ0v) is 14.1. The van der Waals surface area contributed by atoms with Gasteiger partial charge in [0.15, 0.2) is 0 Å². The normalized spacial score (nSPS) is 18.8. The molecular formula is C20H23F3N2. The zero-order valence-electron chi connectivity index (χ0n) is 14.1. The number of halogens is 3. The summed E-state index contributed by atoms with van der Waals surface area (Å²) in [5.74, 6) is 0. The summed E-state index contributed by atoms with van der Waals surface area (Å²) >= 11 is 0. The first kappa shape index (κ1) is 18.0. The van der Waals surface area contributed by atoms with Gasteiger partial charge in [0.1, 0.15) is 0 Å². The van der Waals surface area contributed by atoms with Gasteiger partial charge in [-0.15, -0.1) is 0 Å². The lowest BCUT2D eigenvalue weighted by Crippen LogP contribution is -2.39. The molecule has 5 heteroatoms. The summed E-state index contributed by atoms with van der Waals surface area (Å²) in [5.41, 5.74) is 2.38. The van der Waals surface area contributed by atoms with Crippen LogP contribution in [0.15, 0.2) is 60.7 Å². The minimum absolute atomic E-state index is 0.141. The smallest absolute Gasteiger partial charge is 0.293 e. The fourth-order valence-electron chi connectivity index (χ4n) is 3.46. The number of hydrogen-bond donors (Lipinski definition) is 0. The average molecular weight is 348 g/mol. The Kier molecular flexibility index (Phi) is 5.76. The van der Waals surface area contributed by atoms with Gasteiger partial charge in [0.05, 0.1) is 6.54 Å². The summed E-state index contributed by atoms with van der Waals surface area (Å²) in [6, 6.07) is 20.4. The number of nitrogens with zero attached hydrogens (tertiary/aromatic N) is 2. The molecule has 0 bridgehead atoms. The monoisotopic (exact) mass is 348 g/mol. The van der Waals surface area contributed by atoms with E-state index >= 15 is 0 Å². The van der Waals surface area contributed by atoms with Crippen LogP contribution >= 0.6 is 0 Å². The van der Waals surface area contributed by atoms with Gasteiger partial charge in [0.2, 0.25) is 0 Å². The molecule has 25 heavy (non-hydrogen) atoms. The molecule has 0 N–H and O–H groups in total. The van der Waals surface area contributed by atoms with Gasteiger partial charge in [-0.1, -0.05) is 60.7 Å². The first-order valence-electron chi connectivity index (χ1n) is 8.60. The van der Waals surface area contributed by atoms with Crippen LogP contribution < -0.4 is 0 Å². The van der Waals surface area contributed by atoms with Crippen molar-refractivity contribution in [3.63, 3.8) is 0 Å². The summed E-state index contributed by atoms with van der Waals surface area (Å²) in [6.07, 6.45) is -3.35. The maximum absolute atomic E-state index is 12.7. The Morgan fingerprint density at radius 3 is 1.88 bits per heavy atom. The SMILES string of the molecule is FC(F)(F)CN1CCC(N(Cc2ccccc2)Cc2ccccc2)C1. The van der Waals surface area contributed by atoms with Gasteiger partial charge in [-0.2, -0.15) is 13.2 Å². The standard InChI is InChI=1S/C20H23F3N2/c21-20(22,23)16-24-12-11-19(15-24)25(13-17-7-3-1-4-8-17)14-18-9-5-2-6-10-18/h1-10,19H,11-16H2. The Morgan fingerprint density at radius 2 is 1.40 bits per heavy atom. The van der Waals surface area contributed by atoms with Gasteiger partial charge < -0.3 is 0 Å². The molecule has 0 radical (unpaired) electrons. The van der Waals surface area contributed by atoms with Crippen LogP contribution in [-0.4, -0.2) is 41.7 Å². The number of alkyl halides is 3. The number of benzene rings is 2. The maximum Gasteiger partial charge on any atom is 0.401 e. The molecule has 0 aliphatic carbocycles. The van der Waals surface area contributed by atoms with Crippen LogP contribution in [0.2, 0.25) is 0 Å². The van der Waals surface area contributed by atoms with Crippen LogP contribution in [0.1, 0.15) is 17.5 Å². The highest BCUT2D eigenvalue weighted by Gasteiger charge is 2.35. The van der Waals surface area contributed by atoms with Crippen LogP contribution in [0.3, 0.4) is 0 Å². The van der Waals surface area contributed by atoms with Crippen LogP contribution in [-0.2, 0) is 13.1 Å². The van der Waals surface area contributed by atoms with Gasteiger partial charge in [0, 0.05) is 32.2 Å². The molecule has 1 unspecified atom stereocenters. The Bertz CT molecular complexity index is 601. The lowest BCUT2D eigenvalue weighted by molar-refractivity contribution is -0.143. The highest BCUT2D eigenvalue weighted by molar-refractivity contribution is 5.17. The van der Waals surface area contributed by atoms with Gasteiger partial charge in [-0.05, 0) is 17.5 Å². The van der Waals surface area contributed by atoms with E-state index in [-0.39, 0.29) is 6.04 Å². The number of hydrogen-bond acceptors (Lipinski definition) is 2. The second kappa shape index (κ2) is 8.02. The molecule has 0 saturated carbocycles. The lowest BCUT2D eigenvalue weighted by Gasteiger charge is -2.29. The highest BCUT2D eigenvalue weighted by Crippen LogP contribution is 2.24. The van der Waals surface area contributed by atoms with Crippen molar-refractivity contribution in [3.05, 3.63) is 71.8 Å². The van der Waals surface area contributed by atoms with Crippen molar-refractivity contribution >= 4 is 0 Å². The van der Waals surface area contributed by atoms with Crippen molar-refractivity contribution in [2.75, 3.05) is 19.6 Å². The van der Waals surface area contributed by atoms with Gasteiger partial charge >= 0.3 is 6.18 Å². The van der Waals surface area contributed by atoms with E-state index in [4.69, 9.17) is 0 Å². The molecule has 1 fully saturated rings. The predicted molar refractivity (Wildman–Crippen MR) is 93.0 cm³/mol. The van der Waals surface area contributed by atoms with E-state index in [0.717, 1.165) is 19.5 Å². The van der Waals surface area contributed by atoms with E-state index in [9.17, 15) is 13.2 Å². The van der Waals surface area contributed by atoms with Crippen molar-refractivity contribution in [2.45, 2.75) is 31.7 Å². The molecule has 1 atom stereocenters. The summed E-state index contributed by atoms with van der Waals surface area (Å²) in [5, 5.41) is 0. The molecule has 2 aromatic rings. The van der Waals surface area contributed by atoms with Crippen molar-refractivity contribution < 1.29 is 13.2 Å². The van der Waals surface area contributed by atoms with Crippen molar-refractivity contribution in [1.29, 1.82) is 0 Å². The Hall–Kier alpha value is -1.85.